The molecule has 0 aliphatic carbocycles. The molecule has 0 unspecified atom stereocenters. The van der Waals surface area contributed by atoms with Crippen molar-refractivity contribution in [2.24, 2.45) is 0 Å². The van der Waals surface area contributed by atoms with Gasteiger partial charge >= 0.3 is 6.61 Å². The summed E-state index contributed by atoms with van der Waals surface area (Å²) in [6.07, 6.45) is 0. The van der Waals surface area contributed by atoms with Crippen LogP contribution in [0.15, 0.2) is 47.4 Å². The van der Waals surface area contributed by atoms with E-state index in [9.17, 15) is 21.6 Å². The van der Waals surface area contributed by atoms with Gasteiger partial charge in [0.15, 0.2) is 11.6 Å². The number of rotatable bonds is 6. The summed E-state index contributed by atoms with van der Waals surface area (Å²) in [4.78, 5) is -0.339. The Morgan fingerprint density at radius 1 is 1.18 bits per heavy atom. The third-order valence-corrected chi connectivity index (χ3v) is 6.32. The molecule has 1 aliphatic rings. The Morgan fingerprint density at radius 2 is 1.93 bits per heavy atom. The number of nitrogens with one attached hydrogen (secondary N) is 1. The molecule has 0 aromatic heterocycles. The van der Waals surface area contributed by atoms with E-state index in [1.54, 1.807) is 24.3 Å². The van der Waals surface area contributed by atoms with Crippen LogP contribution in [0.5, 0.6) is 11.5 Å². The van der Waals surface area contributed by atoms with E-state index >= 15 is 0 Å². The molecule has 0 saturated carbocycles. The normalized spacial score (nSPS) is 18.2. The predicted molar refractivity (Wildman–Crippen MR) is 95.5 cm³/mol. The van der Waals surface area contributed by atoms with Crippen LogP contribution in [0, 0.1) is 5.82 Å². The number of halogens is 3. The van der Waals surface area contributed by atoms with Crippen molar-refractivity contribution in [1.29, 1.82) is 0 Å². The maximum absolute atomic E-state index is 14.1. The summed E-state index contributed by atoms with van der Waals surface area (Å²) >= 11 is 0. The minimum absolute atomic E-state index is 0.155. The van der Waals surface area contributed by atoms with Crippen LogP contribution in [0.1, 0.15) is 11.6 Å². The van der Waals surface area contributed by atoms with Crippen molar-refractivity contribution in [3.8, 4) is 11.5 Å². The molecule has 10 heteroatoms. The average molecular weight is 416 g/mol. The highest BCUT2D eigenvalue weighted by molar-refractivity contribution is 7.89. The number of methoxy groups -OCH3 is 1. The number of ether oxygens (including phenoxy) is 2. The number of sulfonamides is 1. The van der Waals surface area contributed by atoms with Gasteiger partial charge in [-0.3, -0.25) is 0 Å². The zero-order valence-corrected chi connectivity index (χ0v) is 15.8. The molecule has 1 saturated heterocycles. The predicted octanol–water partition coefficient (Wildman–Crippen LogP) is 2.77. The SMILES string of the molecule is COc1ccccc1[C@@H]1CNCCN1S(=O)(=O)c1ccc(OC(F)F)c(F)c1. The van der Waals surface area contributed by atoms with Crippen molar-refractivity contribution in [1.82, 2.24) is 9.62 Å². The van der Waals surface area contributed by atoms with Crippen LogP contribution < -0.4 is 14.8 Å². The first-order chi connectivity index (χ1) is 13.3. The molecule has 1 fully saturated rings. The average Bonchev–Trinajstić information content (AvgIpc) is 2.69. The summed E-state index contributed by atoms with van der Waals surface area (Å²) in [7, 11) is -2.61. The van der Waals surface area contributed by atoms with E-state index in [2.05, 4.69) is 10.1 Å². The fraction of sp³-hybridized carbons (Fsp3) is 0.333. The summed E-state index contributed by atoms with van der Waals surface area (Å²) in [5, 5.41) is 3.14. The topological polar surface area (TPSA) is 67.9 Å². The molecule has 2 aromatic carbocycles. The molecular formula is C18H19F3N2O4S. The van der Waals surface area contributed by atoms with Gasteiger partial charge in [-0.05, 0) is 24.3 Å². The van der Waals surface area contributed by atoms with Crippen molar-refractivity contribution in [3.63, 3.8) is 0 Å². The smallest absolute Gasteiger partial charge is 0.387 e. The third-order valence-electron chi connectivity index (χ3n) is 4.42. The first kappa shape index (κ1) is 20.4. The molecule has 152 valence electrons. The maximum atomic E-state index is 14.1. The van der Waals surface area contributed by atoms with E-state index in [-0.39, 0.29) is 11.4 Å². The molecule has 1 heterocycles. The number of piperazine rings is 1. The van der Waals surface area contributed by atoms with Gasteiger partial charge in [0, 0.05) is 25.2 Å². The monoisotopic (exact) mass is 416 g/mol. The second-order valence-corrected chi connectivity index (χ2v) is 7.94. The van der Waals surface area contributed by atoms with Gasteiger partial charge in [-0.25, -0.2) is 12.8 Å². The van der Waals surface area contributed by atoms with Crippen molar-refractivity contribution in [2.75, 3.05) is 26.7 Å². The number of para-hydroxylation sites is 1. The number of nitrogens with zero attached hydrogens (tertiary/aromatic N) is 1. The lowest BCUT2D eigenvalue weighted by molar-refractivity contribution is -0.0522. The van der Waals surface area contributed by atoms with Crippen LogP contribution in [-0.4, -0.2) is 46.1 Å². The van der Waals surface area contributed by atoms with Gasteiger partial charge in [-0.15, -0.1) is 0 Å². The Hall–Kier alpha value is -2.30. The van der Waals surface area contributed by atoms with E-state index in [1.165, 1.54) is 11.4 Å². The van der Waals surface area contributed by atoms with Crippen LogP contribution >= 0.6 is 0 Å². The van der Waals surface area contributed by atoms with Gasteiger partial charge in [-0.1, -0.05) is 18.2 Å². The van der Waals surface area contributed by atoms with Crippen LogP contribution in [-0.2, 0) is 10.0 Å². The molecule has 2 aromatic rings. The van der Waals surface area contributed by atoms with E-state index < -0.39 is 34.2 Å². The van der Waals surface area contributed by atoms with Crippen molar-refractivity contribution >= 4 is 10.0 Å². The van der Waals surface area contributed by atoms with Gasteiger partial charge < -0.3 is 14.8 Å². The van der Waals surface area contributed by atoms with Crippen LogP contribution in [0.4, 0.5) is 13.2 Å². The number of alkyl halides is 2. The van der Waals surface area contributed by atoms with E-state index in [0.717, 1.165) is 12.1 Å². The molecule has 3 rings (SSSR count). The lowest BCUT2D eigenvalue weighted by Crippen LogP contribution is -2.48. The fourth-order valence-corrected chi connectivity index (χ4v) is 4.77. The zero-order chi connectivity index (χ0) is 20.3. The molecule has 1 N–H and O–H groups in total. The Labute approximate surface area is 160 Å². The van der Waals surface area contributed by atoms with Crippen molar-refractivity contribution < 1.29 is 31.1 Å². The van der Waals surface area contributed by atoms with E-state index in [0.29, 0.717) is 30.5 Å². The minimum atomic E-state index is -4.10. The summed E-state index contributed by atoms with van der Waals surface area (Å²) in [6, 6.07) is 9.09. The maximum Gasteiger partial charge on any atom is 0.387 e. The van der Waals surface area contributed by atoms with Gasteiger partial charge in [-0.2, -0.15) is 13.1 Å². The van der Waals surface area contributed by atoms with Crippen LogP contribution in [0.3, 0.4) is 0 Å². The van der Waals surface area contributed by atoms with Crippen molar-refractivity contribution in [3.05, 3.63) is 53.8 Å². The van der Waals surface area contributed by atoms with Crippen molar-refractivity contribution in [2.45, 2.75) is 17.5 Å². The van der Waals surface area contributed by atoms with Gasteiger partial charge in [0.2, 0.25) is 10.0 Å². The Kier molecular flexibility index (Phi) is 6.11. The summed E-state index contributed by atoms with van der Waals surface area (Å²) in [5.74, 6) is -1.36. The van der Waals surface area contributed by atoms with Crippen LogP contribution in [0.25, 0.3) is 0 Å². The highest BCUT2D eigenvalue weighted by Crippen LogP contribution is 2.34. The first-order valence-corrected chi connectivity index (χ1v) is 9.88. The lowest BCUT2D eigenvalue weighted by atomic mass is 10.0. The summed E-state index contributed by atoms with van der Waals surface area (Å²) in [5.41, 5.74) is 0.666. The number of hydrogen-bond donors (Lipinski definition) is 1. The molecule has 6 nitrogen and oxygen atoms in total. The largest absolute Gasteiger partial charge is 0.496 e. The highest BCUT2D eigenvalue weighted by atomic mass is 32.2. The summed E-state index contributed by atoms with van der Waals surface area (Å²) in [6.45, 7) is -2.30. The van der Waals surface area contributed by atoms with Gasteiger partial charge in [0.1, 0.15) is 5.75 Å². The molecule has 1 atom stereocenters. The highest BCUT2D eigenvalue weighted by Gasteiger charge is 2.36. The first-order valence-electron chi connectivity index (χ1n) is 8.44. The van der Waals surface area contributed by atoms with Crippen LogP contribution in [0.2, 0.25) is 0 Å². The number of benzene rings is 2. The lowest BCUT2D eigenvalue weighted by Gasteiger charge is -2.36. The molecule has 0 radical (unpaired) electrons. The van der Waals surface area contributed by atoms with E-state index in [1.807, 2.05) is 0 Å². The standard InChI is InChI=1S/C18H19F3N2O4S/c1-26-16-5-3-2-4-13(16)15-11-22-8-9-23(15)28(24,25)12-6-7-17(14(19)10-12)27-18(20)21/h2-7,10,15,18,22H,8-9,11H2,1H3/t15-/m0/s1. The molecule has 1 aliphatic heterocycles. The second kappa shape index (κ2) is 8.38. The third kappa shape index (κ3) is 4.08. The number of hydrogen-bond acceptors (Lipinski definition) is 5. The van der Waals surface area contributed by atoms with Gasteiger partial charge in [0.25, 0.3) is 0 Å². The molecule has 0 bridgehead atoms. The second-order valence-electron chi connectivity index (χ2n) is 6.05. The Morgan fingerprint density at radius 3 is 2.61 bits per heavy atom. The fourth-order valence-electron chi connectivity index (χ4n) is 3.15. The molecular weight excluding hydrogens is 397 g/mol. The zero-order valence-electron chi connectivity index (χ0n) is 14.9. The summed E-state index contributed by atoms with van der Waals surface area (Å²) < 4.78 is 75.6. The van der Waals surface area contributed by atoms with Gasteiger partial charge in [0.05, 0.1) is 18.0 Å². The molecule has 0 amide bonds. The Bertz CT molecular complexity index is 940. The quantitative estimate of drug-likeness (QED) is 0.785. The minimum Gasteiger partial charge on any atom is -0.496 e. The molecule has 0 spiro atoms. The Balaban J connectivity index is 1.98. The molecule has 28 heavy (non-hydrogen) atoms. The van der Waals surface area contributed by atoms with E-state index in [4.69, 9.17) is 4.74 Å².